The molecule has 0 bridgehead atoms. The van der Waals surface area contributed by atoms with Crippen molar-refractivity contribution in [2.75, 3.05) is 12.4 Å². The fourth-order valence-corrected chi connectivity index (χ4v) is 3.19. The molecule has 0 radical (unpaired) electrons. The van der Waals surface area contributed by atoms with Gasteiger partial charge in [0, 0.05) is 10.6 Å². The summed E-state index contributed by atoms with van der Waals surface area (Å²) in [5, 5.41) is 3.34. The van der Waals surface area contributed by atoms with E-state index in [9.17, 15) is 4.79 Å². The Morgan fingerprint density at radius 1 is 1.32 bits per heavy atom. The number of methoxy groups -OCH3 is 1. The molecule has 5 heteroatoms. The molecule has 1 N–H and O–H groups in total. The Bertz CT molecular complexity index is 582. The van der Waals surface area contributed by atoms with Gasteiger partial charge < -0.3 is 10.1 Å². The fourth-order valence-electron chi connectivity index (χ4n) is 1.76. The molecule has 2 aromatic rings. The van der Waals surface area contributed by atoms with E-state index in [0.717, 1.165) is 9.47 Å². The summed E-state index contributed by atoms with van der Waals surface area (Å²) in [6.07, 6.45) is 0. The Kier molecular flexibility index (Phi) is 4.61. The van der Waals surface area contributed by atoms with E-state index in [4.69, 9.17) is 4.74 Å². The molecule has 1 heterocycles. The van der Waals surface area contributed by atoms with Crippen molar-refractivity contribution in [3.63, 3.8) is 0 Å². The predicted molar refractivity (Wildman–Crippen MR) is 81.8 cm³/mol. The zero-order valence-corrected chi connectivity index (χ0v) is 13.0. The second kappa shape index (κ2) is 6.21. The topological polar surface area (TPSA) is 38.3 Å². The quantitative estimate of drug-likeness (QED) is 0.835. The van der Waals surface area contributed by atoms with Crippen LogP contribution in [0.2, 0.25) is 0 Å². The Morgan fingerprint density at radius 3 is 2.68 bits per heavy atom. The molecular formula is C14H14BrNO2S. The van der Waals surface area contributed by atoms with Crippen LogP contribution in [0.15, 0.2) is 40.2 Å². The average Bonchev–Trinajstić information content (AvgIpc) is 2.85. The number of thiophene rings is 1. The maximum absolute atomic E-state index is 11.7. The van der Waals surface area contributed by atoms with Crippen LogP contribution in [0, 0.1) is 0 Å². The van der Waals surface area contributed by atoms with Crippen LogP contribution in [0.4, 0.5) is 5.69 Å². The van der Waals surface area contributed by atoms with Gasteiger partial charge in [-0.25, -0.2) is 4.79 Å². The smallest absolute Gasteiger partial charge is 0.339 e. The average molecular weight is 340 g/mol. The lowest BCUT2D eigenvalue weighted by Gasteiger charge is -2.16. The molecule has 1 aromatic heterocycles. The minimum atomic E-state index is -0.331. The van der Waals surface area contributed by atoms with E-state index >= 15 is 0 Å². The highest BCUT2D eigenvalue weighted by molar-refractivity contribution is 9.11. The Morgan fingerprint density at radius 2 is 2.05 bits per heavy atom. The van der Waals surface area contributed by atoms with Crippen molar-refractivity contribution in [1.29, 1.82) is 0 Å². The van der Waals surface area contributed by atoms with Gasteiger partial charge in [0.05, 0.1) is 22.5 Å². The molecule has 2 rings (SSSR count). The van der Waals surface area contributed by atoms with Gasteiger partial charge in [-0.05, 0) is 47.1 Å². The molecule has 0 saturated heterocycles. The highest BCUT2D eigenvalue weighted by Crippen LogP contribution is 2.30. The number of para-hydroxylation sites is 1. The molecule has 100 valence electrons. The summed E-state index contributed by atoms with van der Waals surface area (Å²) in [6, 6.07) is 11.6. The van der Waals surface area contributed by atoms with Crippen molar-refractivity contribution in [3.8, 4) is 0 Å². The molecule has 0 fully saturated rings. The van der Waals surface area contributed by atoms with Gasteiger partial charge in [0.1, 0.15) is 0 Å². The van der Waals surface area contributed by atoms with Crippen molar-refractivity contribution in [1.82, 2.24) is 0 Å². The third-order valence-corrected chi connectivity index (χ3v) is 4.53. The van der Waals surface area contributed by atoms with Crippen LogP contribution in [0.3, 0.4) is 0 Å². The number of rotatable bonds is 4. The first kappa shape index (κ1) is 14.1. The minimum absolute atomic E-state index is 0.127. The Hall–Kier alpha value is -1.33. The predicted octanol–water partition coefficient (Wildman–Crippen LogP) is 4.47. The van der Waals surface area contributed by atoms with Crippen molar-refractivity contribution >= 4 is 38.9 Å². The van der Waals surface area contributed by atoms with Crippen LogP contribution in [0.1, 0.15) is 28.2 Å². The number of carbonyl (C=O) groups excluding carboxylic acids is 1. The molecule has 1 atom stereocenters. The fraction of sp³-hybridized carbons (Fsp3) is 0.214. The maximum atomic E-state index is 11.7. The van der Waals surface area contributed by atoms with Crippen LogP contribution < -0.4 is 5.32 Å². The number of hydrogen-bond donors (Lipinski definition) is 1. The lowest BCUT2D eigenvalue weighted by molar-refractivity contribution is 0.0602. The van der Waals surface area contributed by atoms with Crippen LogP contribution in [0.25, 0.3) is 0 Å². The summed E-state index contributed by atoms with van der Waals surface area (Å²) in [5.74, 6) is -0.331. The number of benzene rings is 1. The van der Waals surface area contributed by atoms with Gasteiger partial charge in [-0.3, -0.25) is 0 Å². The van der Waals surface area contributed by atoms with Crippen molar-refractivity contribution in [2.45, 2.75) is 13.0 Å². The van der Waals surface area contributed by atoms with Gasteiger partial charge in [0.15, 0.2) is 0 Å². The molecular weight excluding hydrogens is 326 g/mol. The summed E-state index contributed by atoms with van der Waals surface area (Å²) in [5.41, 5.74) is 1.33. The van der Waals surface area contributed by atoms with Crippen molar-refractivity contribution < 1.29 is 9.53 Å². The molecule has 0 spiro atoms. The van der Waals surface area contributed by atoms with Crippen LogP contribution >= 0.6 is 27.3 Å². The maximum Gasteiger partial charge on any atom is 0.339 e. The largest absolute Gasteiger partial charge is 0.465 e. The molecule has 1 unspecified atom stereocenters. The number of ether oxygens (including phenoxy) is 1. The van der Waals surface area contributed by atoms with E-state index in [0.29, 0.717) is 5.56 Å². The van der Waals surface area contributed by atoms with E-state index < -0.39 is 0 Å². The second-order valence-corrected chi connectivity index (χ2v) is 6.54. The van der Waals surface area contributed by atoms with Gasteiger partial charge in [-0.15, -0.1) is 11.3 Å². The van der Waals surface area contributed by atoms with Crippen LogP contribution in [0.5, 0.6) is 0 Å². The van der Waals surface area contributed by atoms with Crippen LogP contribution in [-0.4, -0.2) is 13.1 Å². The van der Waals surface area contributed by atoms with E-state index in [-0.39, 0.29) is 12.0 Å². The minimum Gasteiger partial charge on any atom is -0.465 e. The monoisotopic (exact) mass is 339 g/mol. The second-order valence-electron chi connectivity index (χ2n) is 4.05. The first-order valence-electron chi connectivity index (χ1n) is 5.81. The van der Waals surface area contributed by atoms with E-state index in [1.54, 1.807) is 17.4 Å². The zero-order valence-electron chi connectivity index (χ0n) is 10.6. The summed E-state index contributed by atoms with van der Waals surface area (Å²) in [7, 11) is 1.39. The summed E-state index contributed by atoms with van der Waals surface area (Å²) in [4.78, 5) is 12.9. The highest BCUT2D eigenvalue weighted by Gasteiger charge is 2.14. The third kappa shape index (κ3) is 3.36. The molecule has 0 saturated carbocycles. The number of hydrogen-bond acceptors (Lipinski definition) is 4. The summed E-state index contributed by atoms with van der Waals surface area (Å²) in [6.45, 7) is 2.06. The van der Waals surface area contributed by atoms with Crippen molar-refractivity contribution in [2.24, 2.45) is 0 Å². The van der Waals surface area contributed by atoms with Gasteiger partial charge in [-0.2, -0.15) is 0 Å². The lowest BCUT2D eigenvalue weighted by atomic mass is 10.1. The standard InChI is InChI=1S/C14H14BrNO2S/c1-9(12-7-8-13(15)19-12)16-11-6-4-3-5-10(11)14(17)18-2/h3-9,16H,1-2H3. The summed E-state index contributed by atoms with van der Waals surface area (Å²) >= 11 is 5.12. The molecule has 0 aliphatic rings. The number of nitrogens with one attached hydrogen (secondary N) is 1. The van der Waals surface area contributed by atoms with Gasteiger partial charge >= 0.3 is 5.97 Å². The Balaban J connectivity index is 2.21. The SMILES string of the molecule is COC(=O)c1ccccc1NC(C)c1ccc(Br)s1. The molecule has 19 heavy (non-hydrogen) atoms. The normalized spacial score (nSPS) is 11.9. The van der Waals surface area contributed by atoms with Crippen molar-refractivity contribution in [3.05, 3.63) is 50.6 Å². The molecule has 3 nitrogen and oxygen atoms in total. The number of carbonyl (C=O) groups is 1. The molecule has 1 aromatic carbocycles. The van der Waals surface area contributed by atoms with E-state index in [1.807, 2.05) is 24.3 Å². The molecule has 0 aliphatic carbocycles. The van der Waals surface area contributed by atoms with E-state index in [2.05, 4.69) is 34.2 Å². The number of halogens is 1. The molecule has 0 aliphatic heterocycles. The highest BCUT2D eigenvalue weighted by atomic mass is 79.9. The first-order chi connectivity index (χ1) is 9.11. The van der Waals surface area contributed by atoms with Crippen LogP contribution in [-0.2, 0) is 4.74 Å². The first-order valence-corrected chi connectivity index (χ1v) is 7.42. The van der Waals surface area contributed by atoms with Gasteiger partial charge in [0.25, 0.3) is 0 Å². The number of anilines is 1. The third-order valence-electron chi connectivity index (χ3n) is 2.73. The Labute approximate surface area is 124 Å². The summed E-state index contributed by atoms with van der Waals surface area (Å²) < 4.78 is 5.88. The van der Waals surface area contributed by atoms with E-state index in [1.165, 1.54) is 12.0 Å². The van der Waals surface area contributed by atoms with Gasteiger partial charge in [0.2, 0.25) is 0 Å². The molecule has 0 amide bonds. The lowest BCUT2D eigenvalue weighted by Crippen LogP contribution is -2.10. The van der Waals surface area contributed by atoms with Gasteiger partial charge in [-0.1, -0.05) is 12.1 Å². The number of esters is 1. The zero-order chi connectivity index (χ0) is 13.8.